The van der Waals surface area contributed by atoms with E-state index in [1.54, 1.807) is 6.08 Å². The number of halogens is 1. The molecule has 4 nitrogen and oxygen atoms in total. The summed E-state index contributed by atoms with van der Waals surface area (Å²) < 4.78 is 2.97. The van der Waals surface area contributed by atoms with Crippen LogP contribution in [0.25, 0.3) is 23.0 Å². The molecule has 0 aliphatic carbocycles. The van der Waals surface area contributed by atoms with Gasteiger partial charge in [0.15, 0.2) is 0 Å². The number of imidazole rings is 1. The van der Waals surface area contributed by atoms with E-state index in [1.165, 1.54) is 6.08 Å². The Bertz CT molecular complexity index is 879. The number of carbonyl (C=O) groups is 1. The molecule has 0 saturated heterocycles. The highest BCUT2D eigenvalue weighted by Gasteiger charge is 2.12. The zero-order chi connectivity index (χ0) is 15.7. The van der Waals surface area contributed by atoms with Gasteiger partial charge >= 0.3 is 0 Å². The standard InChI is InChI=1S/C17H14BrN3O/c1-11-2-9-16-20-17(12-3-5-13(18)6-4-12)14(21(16)10-11)7-8-15(19)22/h2-10H,1H3,(H2,19,22)/b8-7-. The number of nitrogens with zero attached hydrogens (tertiary/aromatic N) is 2. The Kier molecular flexibility index (Phi) is 3.81. The van der Waals surface area contributed by atoms with Crippen molar-refractivity contribution in [2.45, 2.75) is 6.92 Å². The van der Waals surface area contributed by atoms with Crippen LogP contribution in [0.5, 0.6) is 0 Å². The summed E-state index contributed by atoms with van der Waals surface area (Å²) in [6.07, 6.45) is 5.05. The van der Waals surface area contributed by atoms with E-state index in [-0.39, 0.29) is 0 Å². The first-order chi connectivity index (χ1) is 10.5. The van der Waals surface area contributed by atoms with Crippen LogP contribution < -0.4 is 5.73 Å². The van der Waals surface area contributed by atoms with Gasteiger partial charge in [-0.15, -0.1) is 0 Å². The van der Waals surface area contributed by atoms with Gasteiger partial charge in [-0.2, -0.15) is 0 Å². The number of amides is 1. The molecular formula is C17H14BrN3O. The van der Waals surface area contributed by atoms with Crippen LogP contribution in [0.1, 0.15) is 11.3 Å². The van der Waals surface area contributed by atoms with Gasteiger partial charge in [-0.1, -0.05) is 34.1 Å². The van der Waals surface area contributed by atoms with Crippen molar-refractivity contribution in [3.05, 3.63) is 64.4 Å². The second kappa shape index (κ2) is 5.77. The number of rotatable bonds is 3. The zero-order valence-corrected chi connectivity index (χ0v) is 13.5. The lowest BCUT2D eigenvalue weighted by Crippen LogP contribution is -2.05. The van der Waals surface area contributed by atoms with Crippen LogP contribution in [0.2, 0.25) is 0 Å². The second-order valence-corrected chi connectivity index (χ2v) is 5.94. The van der Waals surface area contributed by atoms with Gasteiger partial charge in [-0.25, -0.2) is 4.98 Å². The van der Waals surface area contributed by atoms with Gasteiger partial charge in [0.05, 0.1) is 11.4 Å². The highest BCUT2D eigenvalue weighted by Crippen LogP contribution is 2.27. The summed E-state index contributed by atoms with van der Waals surface area (Å²) in [6.45, 7) is 2.01. The van der Waals surface area contributed by atoms with Gasteiger partial charge in [0.1, 0.15) is 5.65 Å². The van der Waals surface area contributed by atoms with Crippen LogP contribution in [0.3, 0.4) is 0 Å². The number of pyridine rings is 1. The van der Waals surface area contributed by atoms with Crippen molar-refractivity contribution in [1.29, 1.82) is 0 Å². The van der Waals surface area contributed by atoms with E-state index < -0.39 is 5.91 Å². The fourth-order valence-electron chi connectivity index (χ4n) is 2.31. The number of nitrogens with two attached hydrogens (primary N) is 1. The molecule has 0 spiro atoms. The molecule has 110 valence electrons. The average Bonchev–Trinajstić information content (AvgIpc) is 2.83. The van der Waals surface area contributed by atoms with Gasteiger partial charge in [0, 0.05) is 22.3 Å². The minimum Gasteiger partial charge on any atom is -0.366 e. The minimum absolute atomic E-state index is 0.482. The lowest BCUT2D eigenvalue weighted by atomic mass is 10.1. The number of benzene rings is 1. The Morgan fingerprint density at radius 1 is 1.23 bits per heavy atom. The highest BCUT2D eigenvalue weighted by atomic mass is 79.9. The Hall–Kier alpha value is -2.40. The first-order valence-electron chi connectivity index (χ1n) is 6.77. The summed E-state index contributed by atoms with van der Waals surface area (Å²) in [5.74, 6) is -0.482. The maximum Gasteiger partial charge on any atom is 0.241 e. The van der Waals surface area contributed by atoms with E-state index in [2.05, 4.69) is 20.9 Å². The van der Waals surface area contributed by atoms with Crippen molar-refractivity contribution < 1.29 is 4.79 Å². The van der Waals surface area contributed by atoms with E-state index in [9.17, 15) is 4.79 Å². The Labute approximate surface area is 136 Å². The lowest BCUT2D eigenvalue weighted by molar-refractivity contribution is -0.113. The molecule has 0 aliphatic heterocycles. The maximum atomic E-state index is 11.1. The molecule has 3 aromatic rings. The van der Waals surface area contributed by atoms with Crippen molar-refractivity contribution in [3.8, 4) is 11.3 Å². The van der Waals surface area contributed by atoms with E-state index in [0.29, 0.717) is 0 Å². The Balaban J connectivity index is 2.26. The summed E-state index contributed by atoms with van der Waals surface area (Å²) in [4.78, 5) is 15.8. The summed E-state index contributed by atoms with van der Waals surface area (Å²) in [7, 11) is 0. The average molecular weight is 356 g/mol. The topological polar surface area (TPSA) is 60.4 Å². The molecule has 0 saturated carbocycles. The van der Waals surface area contributed by atoms with Gasteiger partial charge < -0.3 is 5.73 Å². The molecule has 0 fully saturated rings. The smallest absolute Gasteiger partial charge is 0.241 e. The van der Waals surface area contributed by atoms with Crippen molar-refractivity contribution >= 4 is 33.6 Å². The van der Waals surface area contributed by atoms with Crippen LogP contribution in [0.15, 0.2) is 53.1 Å². The summed E-state index contributed by atoms with van der Waals surface area (Å²) in [5.41, 5.74) is 9.80. The molecule has 0 aliphatic rings. The van der Waals surface area contributed by atoms with Crippen molar-refractivity contribution in [1.82, 2.24) is 9.38 Å². The van der Waals surface area contributed by atoms with Crippen molar-refractivity contribution in [2.24, 2.45) is 5.73 Å². The van der Waals surface area contributed by atoms with E-state index in [4.69, 9.17) is 5.73 Å². The number of aromatic nitrogens is 2. The number of hydrogen-bond acceptors (Lipinski definition) is 2. The fourth-order valence-corrected chi connectivity index (χ4v) is 2.57. The summed E-state index contributed by atoms with van der Waals surface area (Å²) >= 11 is 3.43. The third-order valence-electron chi connectivity index (χ3n) is 3.33. The van der Waals surface area contributed by atoms with Gasteiger partial charge in [-0.05, 0) is 36.8 Å². The SMILES string of the molecule is Cc1ccc2nc(-c3ccc(Br)cc3)c(/C=C\C(N)=O)n2c1. The lowest BCUT2D eigenvalue weighted by Gasteiger charge is -2.02. The van der Waals surface area contributed by atoms with Crippen molar-refractivity contribution in [2.75, 3.05) is 0 Å². The monoisotopic (exact) mass is 355 g/mol. The predicted octanol–water partition coefficient (Wildman–Crippen LogP) is 3.57. The molecule has 0 bridgehead atoms. The molecule has 5 heteroatoms. The quantitative estimate of drug-likeness (QED) is 0.730. The zero-order valence-electron chi connectivity index (χ0n) is 12.0. The largest absolute Gasteiger partial charge is 0.366 e. The van der Waals surface area contributed by atoms with Gasteiger partial charge in [-0.3, -0.25) is 9.20 Å². The normalized spacial score (nSPS) is 11.4. The molecule has 22 heavy (non-hydrogen) atoms. The highest BCUT2D eigenvalue weighted by molar-refractivity contribution is 9.10. The third kappa shape index (κ3) is 2.80. The third-order valence-corrected chi connectivity index (χ3v) is 3.86. The minimum atomic E-state index is -0.482. The second-order valence-electron chi connectivity index (χ2n) is 5.02. The summed E-state index contributed by atoms with van der Waals surface area (Å²) in [6, 6.07) is 11.9. The van der Waals surface area contributed by atoms with Gasteiger partial charge in [0.25, 0.3) is 0 Å². The molecule has 2 aromatic heterocycles. The Morgan fingerprint density at radius 3 is 2.64 bits per heavy atom. The van der Waals surface area contributed by atoms with E-state index in [1.807, 2.05) is 53.9 Å². The first-order valence-corrected chi connectivity index (χ1v) is 7.56. The number of primary amides is 1. The van der Waals surface area contributed by atoms with Crippen LogP contribution in [0, 0.1) is 6.92 Å². The maximum absolute atomic E-state index is 11.1. The molecule has 0 unspecified atom stereocenters. The number of hydrogen-bond donors (Lipinski definition) is 1. The predicted molar refractivity (Wildman–Crippen MR) is 91.3 cm³/mol. The molecule has 3 rings (SSSR count). The number of aryl methyl sites for hydroxylation is 1. The first kappa shape index (κ1) is 14.5. The van der Waals surface area contributed by atoms with Crippen LogP contribution in [0.4, 0.5) is 0 Å². The van der Waals surface area contributed by atoms with Crippen LogP contribution in [-0.4, -0.2) is 15.3 Å². The summed E-state index contributed by atoms with van der Waals surface area (Å²) in [5, 5.41) is 0. The molecular weight excluding hydrogens is 342 g/mol. The number of fused-ring (bicyclic) bond motifs is 1. The Morgan fingerprint density at radius 2 is 1.95 bits per heavy atom. The molecule has 1 amide bonds. The van der Waals surface area contributed by atoms with E-state index in [0.717, 1.165) is 32.6 Å². The molecule has 1 aromatic carbocycles. The molecule has 0 radical (unpaired) electrons. The molecule has 2 heterocycles. The van der Waals surface area contributed by atoms with Crippen molar-refractivity contribution in [3.63, 3.8) is 0 Å². The fraction of sp³-hybridized carbons (Fsp3) is 0.0588. The van der Waals surface area contributed by atoms with Crippen LogP contribution >= 0.6 is 15.9 Å². The van der Waals surface area contributed by atoms with Crippen LogP contribution in [-0.2, 0) is 4.79 Å². The van der Waals surface area contributed by atoms with Gasteiger partial charge in [0.2, 0.25) is 5.91 Å². The molecule has 0 atom stereocenters. The molecule has 2 N–H and O–H groups in total. The number of carbonyl (C=O) groups excluding carboxylic acids is 1. The van der Waals surface area contributed by atoms with E-state index >= 15 is 0 Å².